The number of hydrogen-bond donors (Lipinski definition) is 4. The van der Waals surface area contributed by atoms with E-state index in [0.717, 1.165) is 82.1 Å². The molecule has 3 heterocycles. The molecule has 0 spiro atoms. The Labute approximate surface area is 261 Å². The number of fused-ring (bicyclic) bond motifs is 3. The number of carbonyl (C=O) groups is 2. The van der Waals surface area contributed by atoms with Crippen LogP contribution in [0.25, 0.3) is 44.2 Å². The molecule has 7 rings (SSSR count). The van der Waals surface area contributed by atoms with Crippen molar-refractivity contribution in [1.29, 1.82) is 0 Å². The minimum absolute atomic E-state index is 0.00874. The Balaban J connectivity index is 1.08. The molecule has 3 aromatic carbocycles. The van der Waals surface area contributed by atoms with Crippen molar-refractivity contribution >= 4 is 34.0 Å². The van der Waals surface area contributed by atoms with Crippen LogP contribution >= 0.6 is 0 Å². The second kappa shape index (κ2) is 11.3. The zero-order valence-electron chi connectivity index (χ0n) is 25.8. The van der Waals surface area contributed by atoms with Gasteiger partial charge in [-0.15, -0.1) is 0 Å². The van der Waals surface area contributed by atoms with E-state index in [-0.39, 0.29) is 24.1 Å². The number of carboxylic acid groups (broad SMARTS) is 1. The number of carbonyl (C=O) groups excluding carboxylic acids is 1. The molecular formula is C35H38N6O4. The molecule has 1 aliphatic heterocycles. The molecule has 10 nitrogen and oxygen atoms in total. The molecule has 1 saturated carbocycles. The number of H-pyrrole nitrogens is 2. The third kappa shape index (κ3) is 5.72. The summed E-state index contributed by atoms with van der Waals surface area (Å²) in [5.41, 5.74) is 5.43. The van der Waals surface area contributed by atoms with Gasteiger partial charge in [-0.1, -0.05) is 48.9 Å². The van der Waals surface area contributed by atoms with Gasteiger partial charge in [0.25, 0.3) is 0 Å². The first-order valence-electron chi connectivity index (χ1n) is 15.7. The SMILES string of the molecule is CC(C)(C)OC(=O)N[C@H]1CCC[C@@H]1c1ncc(-c2ccc(-c3ccc4c(ccc5[nH]c(C6CCCN6C(=O)O)nc54)c3)cc2)[nH]1. The highest BCUT2D eigenvalue weighted by molar-refractivity contribution is 6.05. The van der Waals surface area contributed by atoms with Crippen LogP contribution in [0.15, 0.2) is 60.8 Å². The number of benzene rings is 3. The van der Waals surface area contributed by atoms with Crippen LogP contribution < -0.4 is 5.32 Å². The molecule has 0 bridgehead atoms. The van der Waals surface area contributed by atoms with E-state index in [2.05, 4.69) is 63.8 Å². The predicted octanol–water partition coefficient (Wildman–Crippen LogP) is 7.75. The summed E-state index contributed by atoms with van der Waals surface area (Å²) in [6, 6.07) is 18.7. The van der Waals surface area contributed by atoms with Gasteiger partial charge in [0.15, 0.2) is 0 Å². The number of alkyl carbamates (subject to hydrolysis) is 1. The fourth-order valence-corrected chi connectivity index (χ4v) is 6.87. The molecule has 1 aliphatic carbocycles. The highest BCUT2D eigenvalue weighted by atomic mass is 16.6. The third-order valence-electron chi connectivity index (χ3n) is 8.99. The number of aromatic nitrogens is 4. The molecule has 2 aromatic heterocycles. The maximum Gasteiger partial charge on any atom is 0.407 e. The summed E-state index contributed by atoms with van der Waals surface area (Å²) in [7, 11) is 0. The Morgan fingerprint density at radius 1 is 0.933 bits per heavy atom. The molecule has 1 unspecified atom stereocenters. The largest absolute Gasteiger partial charge is 0.465 e. The van der Waals surface area contributed by atoms with Crippen LogP contribution in [0.5, 0.6) is 0 Å². The lowest BCUT2D eigenvalue weighted by atomic mass is 9.99. The quantitative estimate of drug-likeness (QED) is 0.161. The van der Waals surface area contributed by atoms with Crippen molar-refractivity contribution in [3.8, 4) is 22.4 Å². The van der Waals surface area contributed by atoms with E-state index in [4.69, 9.17) is 14.7 Å². The van der Waals surface area contributed by atoms with Gasteiger partial charge in [-0.05, 0) is 80.7 Å². The summed E-state index contributed by atoms with van der Waals surface area (Å²) in [5, 5.41) is 14.7. The van der Waals surface area contributed by atoms with Gasteiger partial charge < -0.3 is 25.1 Å². The lowest BCUT2D eigenvalue weighted by molar-refractivity contribution is 0.0500. The van der Waals surface area contributed by atoms with E-state index in [1.54, 1.807) is 0 Å². The molecule has 232 valence electrons. The van der Waals surface area contributed by atoms with Crippen LogP contribution in [0.3, 0.4) is 0 Å². The summed E-state index contributed by atoms with van der Waals surface area (Å²) in [4.78, 5) is 42.0. The Morgan fingerprint density at radius 2 is 1.71 bits per heavy atom. The second-order valence-corrected chi connectivity index (χ2v) is 13.2. The number of amides is 2. The highest BCUT2D eigenvalue weighted by Gasteiger charge is 2.34. The first-order chi connectivity index (χ1) is 21.6. The first-order valence-corrected chi connectivity index (χ1v) is 15.7. The van der Waals surface area contributed by atoms with Crippen molar-refractivity contribution in [3.63, 3.8) is 0 Å². The molecule has 2 fully saturated rings. The van der Waals surface area contributed by atoms with Gasteiger partial charge >= 0.3 is 12.2 Å². The van der Waals surface area contributed by atoms with E-state index in [0.29, 0.717) is 12.4 Å². The topological polar surface area (TPSA) is 136 Å². The number of aromatic amines is 2. The molecule has 4 N–H and O–H groups in total. The van der Waals surface area contributed by atoms with Crippen molar-refractivity contribution < 1.29 is 19.4 Å². The summed E-state index contributed by atoms with van der Waals surface area (Å²) < 4.78 is 5.47. The average molecular weight is 607 g/mol. The summed E-state index contributed by atoms with van der Waals surface area (Å²) >= 11 is 0. The van der Waals surface area contributed by atoms with Gasteiger partial charge in [0, 0.05) is 23.9 Å². The summed E-state index contributed by atoms with van der Waals surface area (Å²) in [6.45, 7) is 6.14. The molecule has 2 amide bonds. The molecular weight excluding hydrogens is 568 g/mol. The van der Waals surface area contributed by atoms with Gasteiger partial charge in [-0.3, -0.25) is 4.90 Å². The molecule has 45 heavy (non-hydrogen) atoms. The number of nitrogens with zero attached hydrogens (tertiary/aromatic N) is 3. The van der Waals surface area contributed by atoms with Crippen molar-refractivity contribution in [1.82, 2.24) is 30.2 Å². The predicted molar refractivity (Wildman–Crippen MR) is 173 cm³/mol. The van der Waals surface area contributed by atoms with Crippen LogP contribution in [0.4, 0.5) is 9.59 Å². The summed E-state index contributed by atoms with van der Waals surface area (Å²) in [5.74, 6) is 1.72. The van der Waals surface area contributed by atoms with E-state index >= 15 is 0 Å². The molecule has 10 heteroatoms. The van der Waals surface area contributed by atoms with Crippen molar-refractivity contribution in [2.24, 2.45) is 0 Å². The Morgan fingerprint density at radius 3 is 2.49 bits per heavy atom. The van der Waals surface area contributed by atoms with Crippen LogP contribution in [0, 0.1) is 0 Å². The minimum atomic E-state index is -0.901. The Bertz CT molecular complexity index is 1890. The third-order valence-corrected chi connectivity index (χ3v) is 8.99. The highest BCUT2D eigenvalue weighted by Crippen LogP contribution is 2.36. The molecule has 5 aromatic rings. The standard InChI is InChI=1S/C35H38N6O4/c1-35(2,3)45-33(42)39-26-7-4-6-25(26)31-36-19-28(38-31)21-11-9-20(10-12-21)22-13-15-24-23(18-22)14-16-27-30(24)40-32(37-27)29-8-5-17-41(29)34(43)44/h9-16,18-19,25-26,29H,4-8,17H2,1-3H3,(H,36,38)(H,37,40)(H,39,42)(H,43,44)/t25-,26-,29?/m0/s1. The number of hydrogen-bond acceptors (Lipinski definition) is 5. The molecule has 2 aliphatic rings. The zero-order valence-corrected chi connectivity index (χ0v) is 25.8. The number of imidazole rings is 2. The lowest BCUT2D eigenvalue weighted by Crippen LogP contribution is -2.40. The number of ether oxygens (including phenoxy) is 1. The van der Waals surface area contributed by atoms with Crippen LogP contribution in [0.2, 0.25) is 0 Å². The summed E-state index contributed by atoms with van der Waals surface area (Å²) in [6.07, 6.45) is 5.08. The van der Waals surface area contributed by atoms with Crippen LogP contribution in [0.1, 0.15) is 76.5 Å². The second-order valence-electron chi connectivity index (χ2n) is 13.2. The van der Waals surface area contributed by atoms with Gasteiger partial charge in [0.05, 0.1) is 29.0 Å². The molecule has 3 atom stereocenters. The van der Waals surface area contributed by atoms with Gasteiger partial charge in [-0.25, -0.2) is 19.6 Å². The monoisotopic (exact) mass is 606 g/mol. The molecule has 1 saturated heterocycles. The van der Waals surface area contributed by atoms with Gasteiger partial charge in [-0.2, -0.15) is 0 Å². The number of rotatable bonds is 5. The first kappa shape index (κ1) is 28.9. The van der Waals surface area contributed by atoms with E-state index < -0.39 is 11.7 Å². The Hall–Kier alpha value is -4.86. The number of likely N-dealkylation sites (tertiary alicyclic amines) is 1. The normalized spacial score (nSPS) is 20.2. The maximum atomic E-state index is 12.4. The van der Waals surface area contributed by atoms with Crippen LogP contribution in [-0.4, -0.2) is 60.3 Å². The maximum absolute atomic E-state index is 12.4. The fraction of sp³-hybridized carbons (Fsp3) is 0.371. The lowest BCUT2D eigenvalue weighted by Gasteiger charge is -2.24. The molecule has 0 radical (unpaired) electrons. The van der Waals surface area contributed by atoms with Crippen molar-refractivity contribution in [2.75, 3.05) is 6.54 Å². The average Bonchev–Trinajstić information content (AvgIpc) is 3.81. The smallest absolute Gasteiger partial charge is 0.407 e. The van der Waals surface area contributed by atoms with E-state index in [1.807, 2.05) is 33.0 Å². The van der Waals surface area contributed by atoms with Crippen LogP contribution in [-0.2, 0) is 4.74 Å². The van der Waals surface area contributed by atoms with E-state index in [9.17, 15) is 14.7 Å². The van der Waals surface area contributed by atoms with Crippen molar-refractivity contribution in [3.05, 3.63) is 72.4 Å². The van der Waals surface area contributed by atoms with Gasteiger partial charge in [0.1, 0.15) is 17.2 Å². The minimum Gasteiger partial charge on any atom is -0.465 e. The zero-order chi connectivity index (χ0) is 31.3. The fourth-order valence-electron chi connectivity index (χ4n) is 6.87. The van der Waals surface area contributed by atoms with Crippen molar-refractivity contribution in [2.45, 2.75) is 76.5 Å². The number of nitrogens with one attached hydrogen (secondary N) is 3. The van der Waals surface area contributed by atoms with Gasteiger partial charge in [0.2, 0.25) is 0 Å². The Kier molecular flexibility index (Phi) is 7.22. The van der Waals surface area contributed by atoms with E-state index in [1.165, 1.54) is 4.90 Å².